The fourth-order valence-corrected chi connectivity index (χ4v) is 2.42. The van der Waals surface area contributed by atoms with Crippen LogP contribution in [0.5, 0.6) is 0 Å². The van der Waals surface area contributed by atoms with Crippen LogP contribution in [0.3, 0.4) is 0 Å². The predicted octanol–water partition coefficient (Wildman–Crippen LogP) is 4.87. The van der Waals surface area contributed by atoms with Crippen molar-refractivity contribution in [2.24, 2.45) is 0 Å². The van der Waals surface area contributed by atoms with Gasteiger partial charge in [-0.3, -0.25) is 0 Å². The van der Waals surface area contributed by atoms with Gasteiger partial charge in [0.25, 0.3) is 0 Å². The van der Waals surface area contributed by atoms with Crippen molar-refractivity contribution in [2.45, 2.75) is 16.8 Å². The van der Waals surface area contributed by atoms with E-state index in [0.717, 1.165) is 0 Å². The second-order valence-electron chi connectivity index (χ2n) is 2.51. The summed E-state index contributed by atoms with van der Waals surface area (Å²) < 4.78 is -9.01. The molecule has 0 saturated heterocycles. The van der Waals surface area contributed by atoms with Crippen molar-refractivity contribution in [2.75, 3.05) is 6.61 Å². The normalized spacial score (nSPS) is 15.6. The van der Waals surface area contributed by atoms with Gasteiger partial charge in [0.15, 0.2) is 13.0 Å². The molecule has 0 aliphatic carbocycles. The molecule has 0 atom stereocenters. The average molecular weight is 398 g/mol. The fourth-order valence-electron chi connectivity index (χ4n) is 0.507. The van der Waals surface area contributed by atoms with Crippen molar-refractivity contribution < 1.29 is 5.11 Å². The second-order valence-corrected chi connectivity index (χ2v) is 8.93. The quantitative estimate of drug-likeness (QED) is 0.673. The standard InChI is InChI=1S/C5H3Cl9O/c6-2(7,1-15)3(8,9)4(10,11)5(12,13)14/h15H,1H2. The zero-order chi connectivity index (χ0) is 12.7. The summed E-state index contributed by atoms with van der Waals surface area (Å²) in [7, 11) is 0. The van der Waals surface area contributed by atoms with Gasteiger partial charge in [-0.2, -0.15) is 0 Å². The maximum Gasteiger partial charge on any atom is 0.226 e. The van der Waals surface area contributed by atoms with Crippen LogP contribution in [0.4, 0.5) is 0 Å². The van der Waals surface area contributed by atoms with Crippen molar-refractivity contribution in [1.29, 1.82) is 0 Å². The minimum absolute atomic E-state index is 0.842. The number of halogens is 9. The first-order chi connectivity index (χ1) is 6.31. The molecule has 0 saturated carbocycles. The van der Waals surface area contributed by atoms with E-state index < -0.39 is 23.4 Å². The van der Waals surface area contributed by atoms with E-state index in [-0.39, 0.29) is 0 Å². The Morgan fingerprint density at radius 1 is 0.667 bits per heavy atom. The molecule has 15 heavy (non-hydrogen) atoms. The minimum Gasteiger partial charge on any atom is -0.393 e. The van der Waals surface area contributed by atoms with Crippen LogP contribution in [0.2, 0.25) is 0 Å². The first-order valence-electron chi connectivity index (χ1n) is 3.12. The van der Waals surface area contributed by atoms with E-state index in [1.54, 1.807) is 0 Å². The van der Waals surface area contributed by atoms with Gasteiger partial charge < -0.3 is 5.11 Å². The molecule has 0 aromatic heterocycles. The van der Waals surface area contributed by atoms with Crippen LogP contribution in [-0.2, 0) is 0 Å². The maximum atomic E-state index is 8.88. The molecular weight excluding hydrogens is 395 g/mol. The van der Waals surface area contributed by atoms with Gasteiger partial charge in [-0.25, -0.2) is 0 Å². The van der Waals surface area contributed by atoms with Crippen LogP contribution in [0.1, 0.15) is 0 Å². The molecule has 0 aromatic carbocycles. The molecule has 0 aromatic rings. The Kier molecular flexibility index (Phi) is 6.19. The lowest BCUT2D eigenvalue weighted by atomic mass is 10.2. The van der Waals surface area contributed by atoms with Crippen LogP contribution < -0.4 is 0 Å². The highest BCUT2D eigenvalue weighted by molar-refractivity contribution is 6.80. The molecule has 0 aliphatic rings. The van der Waals surface area contributed by atoms with Crippen LogP contribution in [-0.4, -0.2) is 28.5 Å². The highest BCUT2D eigenvalue weighted by atomic mass is 35.6. The Bertz CT molecular complexity index is 229. The number of hydrogen-bond acceptors (Lipinski definition) is 1. The largest absolute Gasteiger partial charge is 0.393 e. The summed E-state index contributed by atoms with van der Waals surface area (Å²) in [5, 5.41) is 8.88. The second kappa shape index (κ2) is 5.28. The zero-order valence-electron chi connectivity index (χ0n) is 6.56. The average Bonchev–Trinajstić information content (AvgIpc) is 2.01. The molecule has 0 unspecified atom stereocenters. The molecule has 1 N–H and O–H groups in total. The number of rotatable bonds is 3. The van der Waals surface area contributed by atoms with Gasteiger partial charge in [-0.15, -0.1) is 0 Å². The summed E-state index contributed by atoms with van der Waals surface area (Å²) in [6.45, 7) is -0.842. The summed E-state index contributed by atoms with van der Waals surface area (Å²) in [5.74, 6) is 0. The number of alkyl halides is 9. The summed E-state index contributed by atoms with van der Waals surface area (Å²) in [6.07, 6.45) is 0. The van der Waals surface area contributed by atoms with Crippen molar-refractivity contribution in [1.82, 2.24) is 0 Å². The Morgan fingerprint density at radius 3 is 1.20 bits per heavy atom. The Balaban J connectivity index is 5.38. The molecule has 92 valence electrons. The van der Waals surface area contributed by atoms with Crippen LogP contribution >= 0.6 is 104 Å². The van der Waals surface area contributed by atoms with Crippen LogP contribution in [0.15, 0.2) is 0 Å². The lowest BCUT2D eigenvalue weighted by Gasteiger charge is -2.43. The topological polar surface area (TPSA) is 20.2 Å². The van der Waals surface area contributed by atoms with E-state index in [1.807, 2.05) is 0 Å². The lowest BCUT2D eigenvalue weighted by Crippen LogP contribution is -2.57. The van der Waals surface area contributed by atoms with E-state index in [0.29, 0.717) is 0 Å². The van der Waals surface area contributed by atoms with Gasteiger partial charge in [0.1, 0.15) is 0 Å². The fraction of sp³-hybridized carbons (Fsp3) is 1.00. The van der Waals surface area contributed by atoms with E-state index >= 15 is 0 Å². The monoisotopic (exact) mass is 394 g/mol. The Morgan fingerprint density at radius 2 is 1.00 bits per heavy atom. The van der Waals surface area contributed by atoms with Crippen LogP contribution in [0, 0.1) is 0 Å². The SMILES string of the molecule is OCC(Cl)(Cl)C(Cl)(Cl)C(Cl)(Cl)C(Cl)(Cl)Cl. The molecule has 1 nitrogen and oxygen atoms in total. The summed E-state index contributed by atoms with van der Waals surface area (Å²) >= 11 is 50.5. The molecule has 0 amide bonds. The first kappa shape index (κ1) is 17.6. The first-order valence-corrected chi connectivity index (χ1v) is 6.52. The van der Waals surface area contributed by atoms with Gasteiger partial charge in [-0.1, -0.05) is 104 Å². The highest BCUT2D eigenvalue weighted by Crippen LogP contribution is 2.62. The zero-order valence-corrected chi connectivity index (χ0v) is 13.4. The van der Waals surface area contributed by atoms with Gasteiger partial charge in [0.05, 0.1) is 6.61 Å². The summed E-state index contributed by atoms with van der Waals surface area (Å²) in [5.41, 5.74) is 0. The molecule has 0 heterocycles. The van der Waals surface area contributed by atoms with E-state index in [9.17, 15) is 0 Å². The van der Waals surface area contributed by atoms with Crippen molar-refractivity contribution in [3.63, 3.8) is 0 Å². The van der Waals surface area contributed by atoms with E-state index in [2.05, 4.69) is 0 Å². The molecule has 0 spiro atoms. The smallest absolute Gasteiger partial charge is 0.226 e. The van der Waals surface area contributed by atoms with E-state index in [1.165, 1.54) is 0 Å². The van der Waals surface area contributed by atoms with Gasteiger partial charge in [0, 0.05) is 0 Å². The maximum absolute atomic E-state index is 8.88. The molecule has 0 radical (unpaired) electrons. The molecule has 0 aliphatic heterocycles. The van der Waals surface area contributed by atoms with E-state index in [4.69, 9.17) is 110 Å². The van der Waals surface area contributed by atoms with Crippen LogP contribution in [0.25, 0.3) is 0 Å². The highest BCUT2D eigenvalue weighted by Gasteiger charge is 2.67. The van der Waals surface area contributed by atoms with Crippen molar-refractivity contribution >= 4 is 104 Å². The Hall–Kier alpha value is 2.57. The summed E-state index contributed by atoms with van der Waals surface area (Å²) in [4.78, 5) is 0. The third-order valence-electron chi connectivity index (χ3n) is 1.41. The molecular formula is C5H3Cl9O. The third-order valence-corrected chi connectivity index (χ3v) is 6.77. The predicted molar refractivity (Wildman–Crippen MR) is 70.7 cm³/mol. The van der Waals surface area contributed by atoms with Crippen molar-refractivity contribution in [3.8, 4) is 0 Å². The lowest BCUT2D eigenvalue weighted by molar-refractivity contribution is 0.266. The van der Waals surface area contributed by atoms with Gasteiger partial charge in [-0.05, 0) is 0 Å². The molecule has 0 rings (SSSR count). The molecule has 0 bridgehead atoms. The number of aliphatic hydroxyl groups excluding tert-OH is 1. The molecule has 10 heteroatoms. The number of hydrogen-bond donors (Lipinski definition) is 1. The Labute approximate surface area is 132 Å². The van der Waals surface area contributed by atoms with Crippen molar-refractivity contribution in [3.05, 3.63) is 0 Å². The third kappa shape index (κ3) is 3.32. The summed E-state index contributed by atoms with van der Waals surface area (Å²) in [6, 6.07) is 0. The van der Waals surface area contributed by atoms with Gasteiger partial charge in [0.2, 0.25) is 3.79 Å². The minimum atomic E-state index is -2.33. The molecule has 0 fully saturated rings. The van der Waals surface area contributed by atoms with Gasteiger partial charge >= 0.3 is 0 Å². The number of aliphatic hydroxyl groups is 1.